The Balaban J connectivity index is 2.31. The lowest BCUT2D eigenvalue weighted by Gasteiger charge is -2.34. The summed E-state index contributed by atoms with van der Waals surface area (Å²) in [4.78, 5) is 22.0. The molecular weight excluding hydrogens is 332 g/mol. The lowest BCUT2D eigenvalue weighted by molar-refractivity contribution is -0.00350. The first-order valence-corrected chi connectivity index (χ1v) is 8.34. The van der Waals surface area contributed by atoms with Gasteiger partial charge in [0.2, 0.25) is 9.84 Å². The molecule has 1 saturated heterocycles. The number of benzene rings is 1. The van der Waals surface area contributed by atoms with Crippen LogP contribution in [0, 0.1) is 5.92 Å². The third kappa shape index (κ3) is 3.05. The number of halogens is 2. The smallest absolute Gasteiger partial charge is 0.407 e. The summed E-state index contributed by atoms with van der Waals surface area (Å²) >= 11 is 0. The number of piperidine rings is 1. The van der Waals surface area contributed by atoms with E-state index in [2.05, 4.69) is 0 Å². The van der Waals surface area contributed by atoms with Gasteiger partial charge in [-0.2, -0.15) is 8.78 Å². The molecule has 1 aliphatic heterocycles. The second-order valence-corrected chi connectivity index (χ2v) is 7.26. The van der Waals surface area contributed by atoms with Crippen molar-refractivity contribution in [2.45, 2.75) is 23.0 Å². The summed E-state index contributed by atoms with van der Waals surface area (Å²) in [5.41, 5.74) is -0.324. The van der Waals surface area contributed by atoms with Gasteiger partial charge in [-0.05, 0) is 18.9 Å². The fourth-order valence-corrected chi connectivity index (χ4v) is 4.25. The quantitative estimate of drug-likeness (QED) is 0.844. The average Bonchev–Trinajstić information content (AvgIpc) is 2.54. The minimum absolute atomic E-state index is 0.152. The molecule has 0 spiro atoms. The highest BCUT2D eigenvalue weighted by molar-refractivity contribution is 7.92. The molecule has 2 rings (SSSR count). The molecule has 23 heavy (non-hydrogen) atoms. The number of likely N-dealkylation sites (tertiary alicyclic amines) is 1. The number of alkyl halides is 2. The number of hydrogen-bond acceptors (Lipinski definition) is 4. The van der Waals surface area contributed by atoms with E-state index in [0.29, 0.717) is 0 Å². The Hall–Kier alpha value is -2.03. The largest absolute Gasteiger partial charge is 0.465 e. The Labute approximate surface area is 131 Å². The zero-order chi connectivity index (χ0) is 17.3. The van der Waals surface area contributed by atoms with Crippen molar-refractivity contribution >= 4 is 22.2 Å². The standard InChI is InChI=1S/C14H15F2NO5S/c15-14(16,11-5-7-17(8-6-11)13(19)20)23(21,22)12-4-2-1-3-10(12)9-18/h1-4,9,11H,5-8H2,(H,19,20). The molecule has 1 aromatic rings. The number of nitrogens with zero attached hydrogens (tertiary/aromatic N) is 1. The zero-order valence-corrected chi connectivity index (χ0v) is 12.8. The van der Waals surface area contributed by atoms with Crippen molar-refractivity contribution in [3.05, 3.63) is 29.8 Å². The number of amides is 1. The Morgan fingerprint density at radius 1 is 1.26 bits per heavy atom. The van der Waals surface area contributed by atoms with Gasteiger partial charge in [-0.15, -0.1) is 0 Å². The summed E-state index contributed by atoms with van der Waals surface area (Å²) in [7, 11) is -5.05. The predicted octanol–water partition coefficient (Wildman–Crippen LogP) is 2.26. The monoisotopic (exact) mass is 347 g/mol. The fraction of sp³-hybridized carbons (Fsp3) is 0.429. The van der Waals surface area contributed by atoms with Gasteiger partial charge in [-0.25, -0.2) is 13.2 Å². The molecule has 0 unspecified atom stereocenters. The third-order valence-corrected chi connectivity index (χ3v) is 5.94. The first kappa shape index (κ1) is 17.3. The van der Waals surface area contributed by atoms with Gasteiger partial charge < -0.3 is 10.0 Å². The number of carbonyl (C=O) groups excluding carboxylic acids is 1. The summed E-state index contributed by atoms with van der Waals surface area (Å²) < 4.78 is 53.7. The van der Waals surface area contributed by atoms with E-state index in [1.165, 1.54) is 12.1 Å². The Morgan fingerprint density at radius 3 is 2.35 bits per heavy atom. The van der Waals surface area contributed by atoms with E-state index in [1.54, 1.807) is 0 Å². The van der Waals surface area contributed by atoms with Crippen LogP contribution in [0.2, 0.25) is 0 Å². The molecule has 0 atom stereocenters. The van der Waals surface area contributed by atoms with Crippen molar-refractivity contribution in [3.63, 3.8) is 0 Å². The van der Waals surface area contributed by atoms with Crippen molar-refractivity contribution in [2.75, 3.05) is 13.1 Å². The molecule has 1 aromatic carbocycles. The minimum Gasteiger partial charge on any atom is -0.465 e. The van der Waals surface area contributed by atoms with Crippen LogP contribution in [0.5, 0.6) is 0 Å². The summed E-state index contributed by atoms with van der Waals surface area (Å²) in [6.07, 6.45) is -1.53. The molecule has 126 valence electrons. The van der Waals surface area contributed by atoms with Crippen LogP contribution < -0.4 is 0 Å². The molecule has 1 heterocycles. The van der Waals surface area contributed by atoms with E-state index in [1.807, 2.05) is 0 Å². The van der Waals surface area contributed by atoms with Gasteiger partial charge in [0.1, 0.15) is 0 Å². The van der Waals surface area contributed by atoms with E-state index >= 15 is 0 Å². The second kappa shape index (κ2) is 6.23. The lowest BCUT2D eigenvalue weighted by Crippen LogP contribution is -2.46. The molecule has 1 fully saturated rings. The summed E-state index contributed by atoms with van der Waals surface area (Å²) in [6.45, 7) is -0.305. The highest BCUT2D eigenvalue weighted by Crippen LogP contribution is 2.41. The molecule has 1 N–H and O–H groups in total. The molecule has 0 radical (unpaired) electrons. The lowest BCUT2D eigenvalue weighted by atomic mass is 9.97. The molecule has 1 aliphatic rings. The van der Waals surface area contributed by atoms with Gasteiger partial charge in [0.15, 0.2) is 6.29 Å². The SMILES string of the molecule is O=Cc1ccccc1S(=O)(=O)C(F)(F)C1CCN(C(=O)O)CC1. The Kier molecular flexibility index (Phi) is 4.69. The normalized spacial score (nSPS) is 17.0. The third-order valence-electron chi connectivity index (χ3n) is 3.93. The van der Waals surface area contributed by atoms with Crippen molar-refractivity contribution < 1.29 is 31.9 Å². The topological polar surface area (TPSA) is 91.8 Å². The van der Waals surface area contributed by atoms with Crippen LogP contribution in [0.3, 0.4) is 0 Å². The Morgan fingerprint density at radius 2 is 1.83 bits per heavy atom. The van der Waals surface area contributed by atoms with Crippen LogP contribution in [0.4, 0.5) is 13.6 Å². The maximum atomic E-state index is 14.5. The predicted molar refractivity (Wildman–Crippen MR) is 76.3 cm³/mol. The highest BCUT2D eigenvalue weighted by Gasteiger charge is 2.53. The van der Waals surface area contributed by atoms with Gasteiger partial charge in [-0.1, -0.05) is 18.2 Å². The summed E-state index contributed by atoms with van der Waals surface area (Å²) in [5, 5.41) is 4.74. The van der Waals surface area contributed by atoms with Crippen molar-refractivity contribution in [1.82, 2.24) is 4.90 Å². The van der Waals surface area contributed by atoms with E-state index in [9.17, 15) is 26.8 Å². The second-order valence-electron chi connectivity index (χ2n) is 5.26. The molecule has 0 saturated carbocycles. The van der Waals surface area contributed by atoms with Crippen LogP contribution in [0.15, 0.2) is 29.2 Å². The van der Waals surface area contributed by atoms with Crippen LogP contribution in [-0.4, -0.2) is 49.1 Å². The molecular formula is C14H15F2NO5S. The zero-order valence-electron chi connectivity index (χ0n) is 12.0. The summed E-state index contributed by atoms with van der Waals surface area (Å²) in [5.74, 6) is -1.50. The molecule has 0 aromatic heterocycles. The highest BCUT2D eigenvalue weighted by atomic mass is 32.2. The summed E-state index contributed by atoms with van der Waals surface area (Å²) in [6, 6.07) is 4.78. The number of hydrogen-bond donors (Lipinski definition) is 1. The van der Waals surface area contributed by atoms with Crippen molar-refractivity contribution in [1.29, 1.82) is 0 Å². The van der Waals surface area contributed by atoms with Gasteiger partial charge in [-0.3, -0.25) is 4.79 Å². The van der Waals surface area contributed by atoms with Crippen molar-refractivity contribution in [2.24, 2.45) is 5.92 Å². The van der Waals surface area contributed by atoms with E-state index in [-0.39, 0.29) is 37.8 Å². The van der Waals surface area contributed by atoms with Crippen LogP contribution >= 0.6 is 0 Å². The molecule has 0 bridgehead atoms. The Bertz CT molecular complexity index is 712. The number of carboxylic acid groups (broad SMARTS) is 1. The van der Waals surface area contributed by atoms with Crippen molar-refractivity contribution in [3.8, 4) is 0 Å². The van der Waals surface area contributed by atoms with Gasteiger partial charge in [0.05, 0.1) is 4.90 Å². The number of carbonyl (C=O) groups is 2. The number of rotatable bonds is 4. The van der Waals surface area contributed by atoms with E-state index in [4.69, 9.17) is 5.11 Å². The first-order chi connectivity index (χ1) is 10.7. The maximum Gasteiger partial charge on any atom is 0.407 e. The van der Waals surface area contributed by atoms with Gasteiger partial charge in [0, 0.05) is 24.6 Å². The van der Waals surface area contributed by atoms with Gasteiger partial charge >= 0.3 is 11.3 Å². The van der Waals surface area contributed by atoms with Crippen LogP contribution in [-0.2, 0) is 9.84 Å². The van der Waals surface area contributed by atoms with E-state index in [0.717, 1.165) is 17.0 Å². The van der Waals surface area contributed by atoms with Crippen LogP contribution in [0.25, 0.3) is 0 Å². The molecule has 6 nitrogen and oxygen atoms in total. The molecule has 0 aliphatic carbocycles. The first-order valence-electron chi connectivity index (χ1n) is 6.86. The molecule has 1 amide bonds. The minimum atomic E-state index is -5.05. The maximum absolute atomic E-state index is 14.5. The average molecular weight is 347 g/mol. The van der Waals surface area contributed by atoms with E-state index < -0.39 is 32.0 Å². The number of sulfone groups is 1. The van der Waals surface area contributed by atoms with Gasteiger partial charge in [0.25, 0.3) is 0 Å². The fourth-order valence-electron chi connectivity index (χ4n) is 2.60. The number of aldehydes is 1. The van der Waals surface area contributed by atoms with Crippen LogP contribution in [0.1, 0.15) is 23.2 Å². The molecule has 9 heteroatoms.